The number of aliphatic carboxylic acids is 1. The Balaban J connectivity index is 2.47. The van der Waals surface area contributed by atoms with Gasteiger partial charge in [-0.3, -0.25) is 15.0 Å². The van der Waals surface area contributed by atoms with Gasteiger partial charge in [-0.1, -0.05) is 0 Å². The molecule has 1 fully saturated rings. The number of carboxylic acid groups (broad SMARTS) is 1. The summed E-state index contributed by atoms with van der Waals surface area (Å²) < 4.78 is 5.11. The van der Waals surface area contributed by atoms with Crippen molar-refractivity contribution in [3.05, 3.63) is 0 Å². The molecule has 16 heavy (non-hydrogen) atoms. The Morgan fingerprint density at radius 1 is 1.50 bits per heavy atom. The third-order valence-electron chi connectivity index (χ3n) is 2.11. The Morgan fingerprint density at radius 3 is 2.62 bits per heavy atom. The number of hydrogen-bond acceptors (Lipinski definition) is 5. The van der Waals surface area contributed by atoms with Crippen LogP contribution in [0.4, 0.5) is 0 Å². The summed E-state index contributed by atoms with van der Waals surface area (Å²) in [7, 11) is 0. The number of nitrogens with one attached hydrogen (secondary N) is 1. The molecule has 0 saturated carbocycles. The van der Waals surface area contributed by atoms with Crippen LogP contribution >= 0.6 is 0 Å². The number of hydrazine groups is 1. The Bertz CT molecular complexity index is 285. The molecule has 92 valence electrons. The Kier molecular flexibility index (Phi) is 3.88. The van der Waals surface area contributed by atoms with E-state index >= 15 is 0 Å². The van der Waals surface area contributed by atoms with Crippen LogP contribution in [0, 0.1) is 0 Å². The van der Waals surface area contributed by atoms with Crippen LogP contribution in [-0.2, 0) is 14.3 Å². The van der Waals surface area contributed by atoms with Crippen LogP contribution < -0.4 is 5.43 Å². The van der Waals surface area contributed by atoms with Gasteiger partial charge in [-0.25, -0.2) is 5.01 Å². The highest BCUT2D eigenvalue weighted by atomic mass is 16.6. The van der Waals surface area contributed by atoms with E-state index in [2.05, 4.69) is 5.43 Å². The van der Waals surface area contributed by atoms with Gasteiger partial charge in [-0.15, -0.1) is 0 Å². The van der Waals surface area contributed by atoms with Crippen molar-refractivity contribution in [1.29, 1.82) is 0 Å². The Morgan fingerprint density at radius 2 is 2.12 bits per heavy atom. The first kappa shape index (κ1) is 12.9. The third-order valence-corrected chi connectivity index (χ3v) is 2.11. The lowest BCUT2D eigenvalue weighted by atomic mass is 10.2. The molecule has 1 heterocycles. The van der Waals surface area contributed by atoms with Crippen molar-refractivity contribution in [3.8, 4) is 0 Å². The van der Waals surface area contributed by atoms with E-state index in [1.165, 1.54) is 5.01 Å². The molecule has 1 aliphatic rings. The number of hydrogen-bond donors (Lipinski definition) is 2. The summed E-state index contributed by atoms with van der Waals surface area (Å²) in [5.41, 5.74) is 2.31. The lowest BCUT2D eigenvalue weighted by molar-refractivity contribution is -0.158. The van der Waals surface area contributed by atoms with Crippen molar-refractivity contribution in [1.82, 2.24) is 10.4 Å². The predicted molar refractivity (Wildman–Crippen MR) is 56.6 cm³/mol. The molecule has 0 spiro atoms. The minimum atomic E-state index is -0.923. The molecule has 1 atom stereocenters. The van der Waals surface area contributed by atoms with E-state index < -0.39 is 23.6 Å². The molecule has 0 aromatic heterocycles. The SMILES string of the molecule is CC(C)(C)OC(=O)CN1NCCC1C(=O)O. The van der Waals surface area contributed by atoms with E-state index in [9.17, 15) is 9.59 Å². The fourth-order valence-corrected chi connectivity index (χ4v) is 1.55. The molecular formula is C10H18N2O4. The first-order valence-electron chi connectivity index (χ1n) is 5.24. The van der Waals surface area contributed by atoms with Gasteiger partial charge < -0.3 is 9.84 Å². The highest BCUT2D eigenvalue weighted by molar-refractivity contribution is 5.76. The standard InChI is InChI=1S/C10H18N2O4/c1-10(2,3)16-8(13)6-12-7(9(14)15)4-5-11-12/h7,11H,4-6H2,1-3H3,(H,14,15). The number of nitrogens with zero attached hydrogens (tertiary/aromatic N) is 1. The molecule has 1 aliphatic heterocycles. The predicted octanol–water partition coefficient (Wildman–Crippen LogP) is -0.00840. The molecular weight excluding hydrogens is 212 g/mol. The molecule has 0 aromatic rings. The number of esters is 1. The van der Waals surface area contributed by atoms with Gasteiger partial charge in [0.1, 0.15) is 18.2 Å². The molecule has 6 nitrogen and oxygen atoms in total. The second-order valence-electron chi connectivity index (χ2n) is 4.77. The number of carbonyl (C=O) groups excluding carboxylic acids is 1. The highest BCUT2D eigenvalue weighted by Gasteiger charge is 2.32. The van der Waals surface area contributed by atoms with Crippen LogP contribution in [0.25, 0.3) is 0 Å². The smallest absolute Gasteiger partial charge is 0.322 e. The molecule has 0 aromatic carbocycles. The summed E-state index contributed by atoms with van der Waals surface area (Å²) in [6.45, 7) is 5.85. The zero-order valence-electron chi connectivity index (χ0n) is 9.82. The van der Waals surface area contributed by atoms with Crippen molar-refractivity contribution in [2.24, 2.45) is 0 Å². The lowest BCUT2D eigenvalue weighted by Gasteiger charge is -2.24. The van der Waals surface area contributed by atoms with E-state index in [-0.39, 0.29) is 6.54 Å². The Labute approximate surface area is 94.5 Å². The maximum Gasteiger partial charge on any atom is 0.322 e. The molecule has 2 N–H and O–H groups in total. The summed E-state index contributed by atoms with van der Waals surface area (Å²) in [5, 5.41) is 10.3. The van der Waals surface area contributed by atoms with Gasteiger partial charge in [0.15, 0.2) is 0 Å². The van der Waals surface area contributed by atoms with Gasteiger partial charge in [-0.2, -0.15) is 0 Å². The molecule has 1 rings (SSSR count). The largest absolute Gasteiger partial charge is 0.480 e. The van der Waals surface area contributed by atoms with Crippen LogP contribution in [0.5, 0.6) is 0 Å². The third kappa shape index (κ3) is 3.79. The molecule has 6 heteroatoms. The molecule has 0 radical (unpaired) electrons. The van der Waals surface area contributed by atoms with Gasteiger partial charge in [-0.05, 0) is 27.2 Å². The topological polar surface area (TPSA) is 78.9 Å². The normalized spacial score (nSPS) is 22.1. The van der Waals surface area contributed by atoms with Gasteiger partial charge in [0.25, 0.3) is 0 Å². The van der Waals surface area contributed by atoms with E-state index in [1.807, 2.05) is 0 Å². The number of carboxylic acids is 1. The summed E-state index contributed by atoms with van der Waals surface area (Å²) in [4.78, 5) is 22.3. The number of rotatable bonds is 3. The molecule has 1 unspecified atom stereocenters. The molecule has 0 bridgehead atoms. The molecule has 0 amide bonds. The minimum Gasteiger partial charge on any atom is -0.480 e. The van der Waals surface area contributed by atoms with Crippen LogP contribution in [0.3, 0.4) is 0 Å². The fourth-order valence-electron chi connectivity index (χ4n) is 1.55. The molecule has 0 aliphatic carbocycles. The van der Waals surface area contributed by atoms with Crippen molar-refractivity contribution >= 4 is 11.9 Å². The van der Waals surface area contributed by atoms with Crippen molar-refractivity contribution in [3.63, 3.8) is 0 Å². The average Bonchev–Trinajstić information content (AvgIpc) is 2.47. The van der Waals surface area contributed by atoms with Crippen LogP contribution in [-0.4, -0.2) is 46.8 Å². The van der Waals surface area contributed by atoms with E-state index in [0.29, 0.717) is 13.0 Å². The molecule has 1 saturated heterocycles. The van der Waals surface area contributed by atoms with Gasteiger partial charge in [0, 0.05) is 6.54 Å². The monoisotopic (exact) mass is 230 g/mol. The maximum atomic E-state index is 11.5. The van der Waals surface area contributed by atoms with Gasteiger partial charge in [0.2, 0.25) is 0 Å². The summed E-state index contributed by atoms with van der Waals surface area (Å²) in [6, 6.07) is -0.646. The van der Waals surface area contributed by atoms with Gasteiger partial charge in [0.05, 0.1) is 0 Å². The maximum absolute atomic E-state index is 11.5. The summed E-state index contributed by atoms with van der Waals surface area (Å²) in [6.07, 6.45) is 0.498. The van der Waals surface area contributed by atoms with Crippen molar-refractivity contribution in [2.45, 2.75) is 38.8 Å². The van der Waals surface area contributed by atoms with Crippen molar-refractivity contribution < 1.29 is 19.4 Å². The van der Waals surface area contributed by atoms with E-state index in [4.69, 9.17) is 9.84 Å². The van der Waals surface area contributed by atoms with Gasteiger partial charge >= 0.3 is 11.9 Å². The number of carbonyl (C=O) groups is 2. The zero-order valence-corrected chi connectivity index (χ0v) is 9.82. The second kappa shape index (κ2) is 4.80. The summed E-state index contributed by atoms with van der Waals surface area (Å²) >= 11 is 0. The van der Waals surface area contributed by atoms with Crippen molar-refractivity contribution in [2.75, 3.05) is 13.1 Å². The number of ether oxygens (including phenoxy) is 1. The zero-order chi connectivity index (χ0) is 12.3. The van der Waals surface area contributed by atoms with Crippen LogP contribution in [0.1, 0.15) is 27.2 Å². The van der Waals surface area contributed by atoms with E-state index in [1.54, 1.807) is 20.8 Å². The quantitative estimate of drug-likeness (QED) is 0.664. The second-order valence-corrected chi connectivity index (χ2v) is 4.77. The fraction of sp³-hybridized carbons (Fsp3) is 0.800. The highest BCUT2D eigenvalue weighted by Crippen LogP contribution is 2.11. The summed E-state index contributed by atoms with van der Waals surface area (Å²) in [5.74, 6) is -1.35. The first-order chi connectivity index (χ1) is 7.29. The average molecular weight is 230 g/mol. The first-order valence-corrected chi connectivity index (χ1v) is 5.24. The minimum absolute atomic E-state index is 0.0474. The Hall–Kier alpha value is -1.14. The van der Waals surface area contributed by atoms with E-state index in [0.717, 1.165) is 0 Å². The van der Waals surface area contributed by atoms with Crippen LogP contribution in [0.2, 0.25) is 0 Å². The lowest BCUT2D eigenvalue weighted by Crippen LogP contribution is -2.46. The van der Waals surface area contributed by atoms with Crippen LogP contribution in [0.15, 0.2) is 0 Å².